The lowest BCUT2D eigenvalue weighted by Crippen LogP contribution is -2.41. The highest BCUT2D eigenvalue weighted by Gasteiger charge is 2.31. The van der Waals surface area contributed by atoms with Crippen LogP contribution in [0.4, 0.5) is 0 Å². The van der Waals surface area contributed by atoms with Crippen LogP contribution < -0.4 is 0 Å². The summed E-state index contributed by atoms with van der Waals surface area (Å²) in [7, 11) is 0. The van der Waals surface area contributed by atoms with E-state index in [2.05, 4.69) is 22.1 Å². The molecule has 0 bridgehead atoms. The maximum atomic E-state index is 13.2. The summed E-state index contributed by atoms with van der Waals surface area (Å²) in [4.78, 5) is 24.8. The van der Waals surface area contributed by atoms with Gasteiger partial charge in [0.1, 0.15) is 0 Å². The molecule has 7 nitrogen and oxygen atoms in total. The minimum absolute atomic E-state index is 0.0163. The minimum Gasteiger partial charge on any atom is -0.378 e. The molecule has 0 N–H and O–H groups in total. The highest BCUT2D eigenvalue weighted by molar-refractivity contribution is 7.98. The number of carbonyl (C=O) groups is 1. The van der Waals surface area contributed by atoms with E-state index >= 15 is 0 Å². The number of benzene rings is 1. The van der Waals surface area contributed by atoms with Gasteiger partial charge in [-0.2, -0.15) is 5.10 Å². The monoisotopic (exact) mass is 393 g/mol. The van der Waals surface area contributed by atoms with Gasteiger partial charge in [0.15, 0.2) is 5.69 Å². The summed E-state index contributed by atoms with van der Waals surface area (Å²) >= 11 is 1.75. The fraction of sp³-hybridized carbons (Fsp3) is 0.300. The number of amides is 1. The largest absolute Gasteiger partial charge is 0.378 e. The predicted molar refractivity (Wildman–Crippen MR) is 105 cm³/mol. The zero-order chi connectivity index (χ0) is 18.9. The van der Waals surface area contributed by atoms with Gasteiger partial charge in [-0.1, -0.05) is 18.2 Å². The van der Waals surface area contributed by atoms with E-state index in [4.69, 9.17) is 9.84 Å². The van der Waals surface area contributed by atoms with Gasteiger partial charge in [-0.15, -0.1) is 11.8 Å². The molecule has 0 saturated carbocycles. The number of carbonyl (C=O) groups excluding carboxylic acids is 1. The number of aromatic nitrogens is 4. The Hall–Kier alpha value is -2.71. The summed E-state index contributed by atoms with van der Waals surface area (Å²) in [5.41, 5.74) is 4.49. The average molecular weight is 393 g/mol. The van der Waals surface area contributed by atoms with Crippen molar-refractivity contribution in [2.45, 2.75) is 17.2 Å². The Morgan fingerprint density at radius 1 is 1.18 bits per heavy atom. The van der Waals surface area contributed by atoms with Gasteiger partial charge in [-0.25, -0.2) is 0 Å². The van der Waals surface area contributed by atoms with Crippen molar-refractivity contribution in [2.75, 3.05) is 26.3 Å². The van der Waals surface area contributed by atoms with E-state index < -0.39 is 0 Å². The van der Waals surface area contributed by atoms with Crippen molar-refractivity contribution in [1.29, 1.82) is 0 Å². The molecule has 0 radical (unpaired) electrons. The summed E-state index contributed by atoms with van der Waals surface area (Å²) in [5, 5.41) is 4.76. The maximum Gasteiger partial charge on any atom is 0.274 e. The number of fused-ring (bicyclic) bond motifs is 3. The smallest absolute Gasteiger partial charge is 0.274 e. The summed E-state index contributed by atoms with van der Waals surface area (Å²) in [6.07, 6.45) is 5.07. The standard InChI is InChI=1S/C20H19N5O2S/c26-20(24-7-9-27-10-8-24)18-16-13-28-17-4-2-1-3-15(17)19(16)25(23-18)12-14-11-21-5-6-22-14/h1-6,11H,7-10,12-13H2. The van der Waals surface area contributed by atoms with E-state index in [9.17, 15) is 4.79 Å². The molecular weight excluding hydrogens is 374 g/mol. The maximum absolute atomic E-state index is 13.2. The van der Waals surface area contributed by atoms with Crippen molar-refractivity contribution in [2.24, 2.45) is 0 Å². The van der Waals surface area contributed by atoms with Crippen LogP contribution in [-0.2, 0) is 17.0 Å². The molecule has 0 atom stereocenters. The number of morpholine rings is 1. The number of hydrogen-bond donors (Lipinski definition) is 0. The van der Waals surface area contributed by atoms with Gasteiger partial charge in [0.25, 0.3) is 5.91 Å². The van der Waals surface area contributed by atoms with Crippen molar-refractivity contribution >= 4 is 17.7 Å². The lowest BCUT2D eigenvalue weighted by atomic mass is 10.1. The van der Waals surface area contributed by atoms with Crippen molar-refractivity contribution < 1.29 is 9.53 Å². The molecule has 8 heteroatoms. The molecule has 0 spiro atoms. The van der Waals surface area contributed by atoms with Crippen LogP contribution in [0.2, 0.25) is 0 Å². The summed E-state index contributed by atoms with van der Waals surface area (Å²) < 4.78 is 7.30. The Morgan fingerprint density at radius 3 is 2.86 bits per heavy atom. The first kappa shape index (κ1) is 17.4. The third-order valence-electron chi connectivity index (χ3n) is 4.99. The SMILES string of the molecule is O=C(c1nn(Cc2cnccn2)c2c1CSc1ccccc1-2)N1CCOCC1. The first-order valence-corrected chi connectivity index (χ1v) is 10.2. The van der Waals surface area contributed by atoms with Crippen LogP contribution in [0.1, 0.15) is 21.7 Å². The summed E-state index contributed by atoms with van der Waals surface area (Å²) in [6.45, 7) is 2.84. The zero-order valence-electron chi connectivity index (χ0n) is 15.2. The molecule has 2 aliphatic rings. The van der Waals surface area contributed by atoms with E-state index in [0.717, 1.165) is 28.3 Å². The lowest BCUT2D eigenvalue weighted by molar-refractivity contribution is 0.0298. The highest BCUT2D eigenvalue weighted by Crippen LogP contribution is 2.43. The van der Waals surface area contributed by atoms with Gasteiger partial charge in [-0.3, -0.25) is 19.4 Å². The Labute approximate surface area is 166 Å². The van der Waals surface area contributed by atoms with Crippen LogP contribution in [0.15, 0.2) is 47.8 Å². The molecule has 2 aromatic heterocycles. The zero-order valence-corrected chi connectivity index (χ0v) is 16.1. The quantitative estimate of drug-likeness (QED) is 0.681. The number of rotatable bonds is 3. The second-order valence-corrected chi connectivity index (χ2v) is 7.74. The molecular formula is C20H19N5O2S. The highest BCUT2D eigenvalue weighted by atomic mass is 32.2. The van der Waals surface area contributed by atoms with Gasteiger partial charge in [-0.05, 0) is 6.07 Å². The molecule has 1 fully saturated rings. The Bertz CT molecular complexity index is 1010. The third-order valence-corrected chi connectivity index (χ3v) is 6.09. The van der Waals surface area contributed by atoms with Crippen molar-refractivity contribution in [1.82, 2.24) is 24.6 Å². The fourth-order valence-electron chi connectivity index (χ4n) is 3.64. The Kier molecular flexibility index (Phi) is 4.58. The van der Waals surface area contributed by atoms with Crippen molar-refractivity contribution in [3.63, 3.8) is 0 Å². The molecule has 2 aliphatic heterocycles. The predicted octanol–water partition coefficient (Wildman–Crippen LogP) is 2.47. The van der Waals surface area contributed by atoms with Crippen LogP contribution in [0.25, 0.3) is 11.3 Å². The number of thioether (sulfide) groups is 1. The van der Waals surface area contributed by atoms with Gasteiger partial charge in [0, 0.05) is 47.3 Å². The van der Waals surface area contributed by atoms with E-state index in [0.29, 0.717) is 38.5 Å². The molecule has 1 saturated heterocycles. The molecule has 28 heavy (non-hydrogen) atoms. The summed E-state index contributed by atoms with van der Waals surface area (Å²) in [5.74, 6) is 0.718. The van der Waals surface area contributed by atoms with Gasteiger partial charge in [0.05, 0.1) is 37.3 Å². The Balaban J connectivity index is 1.61. The van der Waals surface area contributed by atoms with E-state index in [1.165, 1.54) is 4.90 Å². The second-order valence-electron chi connectivity index (χ2n) is 6.72. The van der Waals surface area contributed by atoms with Gasteiger partial charge < -0.3 is 9.64 Å². The molecule has 1 amide bonds. The van der Waals surface area contributed by atoms with E-state index in [-0.39, 0.29) is 5.91 Å². The van der Waals surface area contributed by atoms with Gasteiger partial charge >= 0.3 is 0 Å². The lowest BCUT2D eigenvalue weighted by Gasteiger charge is -2.26. The third kappa shape index (κ3) is 3.08. The molecule has 4 heterocycles. The Morgan fingerprint density at radius 2 is 2.04 bits per heavy atom. The van der Waals surface area contributed by atoms with Crippen LogP contribution >= 0.6 is 11.8 Å². The molecule has 1 aromatic carbocycles. The molecule has 3 aromatic rings. The molecule has 0 unspecified atom stereocenters. The van der Waals surface area contributed by atoms with Crippen LogP contribution in [0.5, 0.6) is 0 Å². The summed E-state index contributed by atoms with van der Waals surface area (Å²) in [6, 6.07) is 8.28. The molecule has 0 aliphatic carbocycles. The number of hydrogen-bond acceptors (Lipinski definition) is 6. The first-order valence-electron chi connectivity index (χ1n) is 9.25. The molecule has 5 rings (SSSR count). The molecule has 142 valence electrons. The second kappa shape index (κ2) is 7.37. The number of nitrogens with zero attached hydrogens (tertiary/aromatic N) is 5. The van der Waals surface area contributed by atoms with E-state index in [1.807, 2.05) is 21.7 Å². The normalized spacial score (nSPS) is 15.8. The fourth-order valence-corrected chi connectivity index (χ4v) is 4.71. The number of ether oxygens (including phenoxy) is 1. The first-order chi connectivity index (χ1) is 13.8. The van der Waals surface area contributed by atoms with Crippen LogP contribution in [0.3, 0.4) is 0 Å². The van der Waals surface area contributed by atoms with Gasteiger partial charge in [0.2, 0.25) is 0 Å². The average Bonchev–Trinajstić information content (AvgIpc) is 3.13. The van der Waals surface area contributed by atoms with Crippen LogP contribution in [-0.4, -0.2) is 56.9 Å². The topological polar surface area (TPSA) is 73.1 Å². The van der Waals surface area contributed by atoms with Crippen molar-refractivity contribution in [3.8, 4) is 11.3 Å². The minimum atomic E-state index is -0.0163. The van der Waals surface area contributed by atoms with Crippen molar-refractivity contribution in [3.05, 3.63) is 59.8 Å². The van der Waals surface area contributed by atoms with E-state index in [1.54, 1.807) is 30.4 Å². The van der Waals surface area contributed by atoms with Crippen LogP contribution in [0, 0.1) is 0 Å².